The number of ether oxygens (including phenoxy) is 8. The molecule has 17 nitrogen and oxygen atoms in total. The van der Waals surface area contributed by atoms with Gasteiger partial charge in [0.25, 0.3) is 11.8 Å². The number of halogens is 4. The predicted molar refractivity (Wildman–Crippen MR) is 298 cm³/mol. The summed E-state index contributed by atoms with van der Waals surface area (Å²) < 4.78 is 43.6. The van der Waals surface area contributed by atoms with Crippen molar-refractivity contribution < 1.29 is 53.0 Å². The fraction of sp³-hybridized carbons (Fsp3) is 0.407. The molecule has 4 aromatic carbocycles. The number of methoxy groups -OCH3 is 4. The maximum Gasteiger partial charge on any atom is 0.254 e. The third kappa shape index (κ3) is 13.9. The summed E-state index contributed by atoms with van der Waals surface area (Å²) in [5.41, 5.74) is 5.93. The molecule has 0 bridgehead atoms. The summed E-state index contributed by atoms with van der Waals surface area (Å²) >= 11 is 0. The molecule has 0 saturated carbocycles. The van der Waals surface area contributed by atoms with Crippen LogP contribution in [0.25, 0.3) is 21.5 Å². The van der Waals surface area contributed by atoms with E-state index in [1.165, 1.54) is 11.1 Å². The molecule has 0 saturated heterocycles. The fourth-order valence-corrected chi connectivity index (χ4v) is 9.68. The second kappa shape index (κ2) is 28.3. The Balaban J connectivity index is 0.000000304. The Kier molecular flexibility index (Phi) is 23.2. The number of benzene rings is 4. The van der Waals surface area contributed by atoms with Gasteiger partial charge in [0.15, 0.2) is 46.0 Å². The zero-order chi connectivity index (χ0) is 48.7. The van der Waals surface area contributed by atoms with Crippen molar-refractivity contribution in [3.05, 3.63) is 107 Å². The van der Waals surface area contributed by atoms with Crippen LogP contribution in [0.15, 0.2) is 73.3 Å². The highest BCUT2D eigenvalue weighted by molar-refractivity contribution is 5.98. The molecule has 0 spiro atoms. The lowest BCUT2D eigenvalue weighted by Gasteiger charge is -2.29. The summed E-state index contributed by atoms with van der Waals surface area (Å²) in [6, 6.07) is 15.6. The summed E-state index contributed by atoms with van der Waals surface area (Å²) in [7, 11) is 10.8. The average Bonchev–Trinajstić information content (AvgIpc) is 4.06. The molecule has 0 aliphatic carbocycles. The van der Waals surface area contributed by atoms with Crippen LogP contribution in [0.2, 0.25) is 0 Å². The minimum Gasteiger partial charge on any atom is -0.493 e. The SMILES string of the molecule is COc1cc2cncc(CCN(C)CCCN3CCc4cc5c(cc4C3=O)OCO5)c2cc1OC.COc1cc2cncc(CCN(C)CCCN3CCc4cc5c(cc4C3=O)OCO5)c2cc1OC.Cl.Cl.Cl.Cl.O. The number of fused-ring (bicyclic) bond motifs is 6. The number of amides is 2. The summed E-state index contributed by atoms with van der Waals surface area (Å²) in [4.78, 5) is 43.4. The van der Waals surface area contributed by atoms with E-state index in [9.17, 15) is 9.59 Å². The molecule has 0 atom stereocenters. The summed E-state index contributed by atoms with van der Waals surface area (Å²) in [6.07, 6.45) is 12.8. The molecule has 4 aliphatic heterocycles. The van der Waals surface area contributed by atoms with Crippen molar-refractivity contribution in [2.75, 3.05) is 108 Å². The van der Waals surface area contributed by atoms with Crippen molar-refractivity contribution in [3.8, 4) is 46.0 Å². The van der Waals surface area contributed by atoms with Crippen LogP contribution in [0.3, 0.4) is 0 Å². The average molecular weight is 1120 g/mol. The smallest absolute Gasteiger partial charge is 0.254 e. The molecule has 10 rings (SSSR count). The second-order valence-corrected chi connectivity index (χ2v) is 18.1. The quantitative estimate of drug-likeness (QED) is 0.0810. The van der Waals surface area contributed by atoms with Crippen molar-refractivity contribution in [3.63, 3.8) is 0 Å². The van der Waals surface area contributed by atoms with E-state index in [-0.39, 0.29) is 80.5 Å². The van der Waals surface area contributed by atoms with Crippen molar-refractivity contribution in [1.29, 1.82) is 0 Å². The number of rotatable bonds is 18. The van der Waals surface area contributed by atoms with E-state index < -0.39 is 0 Å². The molecule has 2 amide bonds. The Morgan fingerprint density at radius 3 is 1.24 bits per heavy atom. The molecule has 6 heterocycles. The van der Waals surface area contributed by atoms with Gasteiger partial charge in [0, 0.05) is 86.0 Å². The number of carbonyl (C=O) groups is 2. The molecule has 408 valence electrons. The Hall–Kier alpha value is -5.92. The molecular weight excluding hydrogens is 1050 g/mol. The molecule has 6 aromatic rings. The normalized spacial score (nSPS) is 13.5. The Bertz CT molecular complexity index is 2710. The van der Waals surface area contributed by atoms with Crippen molar-refractivity contribution in [2.45, 2.75) is 38.5 Å². The molecule has 2 N–H and O–H groups in total. The van der Waals surface area contributed by atoms with Gasteiger partial charge in [-0.05, 0) is 147 Å². The van der Waals surface area contributed by atoms with Gasteiger partial charge in [-0.25, -0.2) is 0 Å². The maximum absolute atomic E-state index is 13.0. The number of nitrogens with zero attached hydrogens (tertiary/aromatic N) is 6. The van der Waals surface area contributed by atoms with Gasteiger partial charge in [-0.2, -0.15) is 0 Å². The monoisotopic (exact) mass is 1120 g/mol. The molecular formula is C54H68Cl4N6O11. The van der Waals surface area contributed by atoms with Gasteiger partial charge >= 0.3 is 0 Å². The molecule has 75 heavy (non-hydrogen) atoms. The first-order valence-electron chi connectivity index (χ1n) is 23.9. The Morgan fingerprint density at radius 1 is 0.507 bits per heavy atom. The molecule has 2 aromatic heterocycles. The van der Waals surface area contributed by atoms with Gasteiger partial charge in [-0.15, -0.1) is 49.6 Å². The van der Waals surface area contributed by atoms with E-state index in [2.05, 4.69) is 33.9 Å². The summed E-state index contributed by atoms with van der Waals surface area (Å²) in [6.45, 7) is 7.02. The van der Waals surface area contributed by atoms with Crippen LogP contribution in [0.1, 0.15) is 55.8 Å². The predicted octanol–water partition coefficient (Wildman–Crippen LogP) is 7.95. The zero-order valence-electron chi connectivity index (χ0n) is 43.1. The van der Waals surface area contributed by atoms with Crippen molar-refractivity contribution in [2.24, 2.45) is 0 Å². The molecule has 4 aliphatic rings. The van der Waals surface area contributed by atoms with Gasteiger partial charge in [0.1, 0.15) is 0 Å². The number of pyridine rings is 2. The highest BCUT2D eigenvalue weighted by Gasteiger charge is 2.29. The highest BCUT2D eigenvalue weighted by Crippen LogP contribution is 2.39. The van der Waals surface area contributed by atoms with Crippen LogP contribution in [-0.2, 0) is 25.7 Å². The minimum absolute atomic E-state index is 0. The fourth-order valence-electron chi connectivity index (χ4n) is 9.68. The van der Waals surface area contributed by atoms with Gasteiger partial charge in [-0.3, -0.25) is 19.6 Å². The largest absolute Gasteiger partial charge is 0.493 e. The minimum atomic E-state index is 0. The lowest BCUT2D eigenvalue weighted by atomic mass is 9.98. The van der Waals surface area contributed by atoms with Crippen molar-refractivity contribution in [1.82, 2.24) is 29.6 Å². The third-order valence-corrected chi connectivity index (χ3v) is 13.7. The number of hydrogen-bond donors (Lipinski definition) is 0. The molecule has 0 unspecified atom stereocenters. The number of aromatic nitrogens is 2. The van der Waals surface area contributed by atoms with Gasteiger partial charge in [-0.1, -0.05) is 0 Å². The first-order chi connectivity index (χ1) is 34.1. The molecule has 0 fully saturated rings. The number of likely N-dealkylation sites (N-methyl/N-ethyl adjacent to an activating group) is 2. The second-order valence-electron chi connectivity index (χ2n) is 18.1. The highest BCUT2D eigenvalue weighted by atomic mass is 35.5. The zero-order valence-corrected chi connectivity index (χ0v) is 46.4. The Labute approximate surface area is 463 Å². The van der Waals surface area contributed by atoms with Crippen molar-refractivity contribution >= 4 is 83.0 Å². The lowest BCUT2D eigenvalue weighted by Crippen LogP contribution is -2.39. The first-order valence-corrected chi connectivity index (χ1v) is 23.9. The van der Waals surface area contributed by atoms with Gasteiger partial charge < -0.3 is 63.0 Å². The first kappa shape index (κ1) is 61.6. The summed E-state index contributed by atoms with van der Waals surface area (Å²) in [5.74, 6) is 5.82. The van der Waals surface area contributed by atoms with E-state index >= 15 is 0 Å². The van der Waals surface area contributed by atoms with Crippen LogP contribution < -0.4 is 37.9 Å². The van der Waals surface area contributed by atoms with E-state index in [1.54, 1.807) is 28.4 Å². The van der Waals surface area contributed by atoms with Gasteiger partial charge in [0.05, 0.1) is 28.4 Å². The summed E-state index contributed by atoms with van der Waals surface area (Å²) in [5, 5.41) is 4.33. The van der Waals surface area contributed by atoms with Crippen LogP contribution in [0.4, 0.5) is 0 Å². The Morgan fingerprint density at radius 2 is 0.867 bits per heavy atom. The van der Waals surface area contributed by atoms with E-state index in [0.29, 0.717) is 23.0 Å². The number of hydrogen-bond acceptors (Lipinski definition) is 14. The van der Waals surface area contributed by atoms with Gasteiger partial charge in [0.2, 0.25) is 13.6 Å². The van der Waals surface area contributed by atoms with E-state index in [4.69, 9.17) is 37.9 Å². The lowest BCUT2D eigenvalue weighted by molar-refractivity contribution is 0.0725. The molecule has 0 radical (unpaired) electrons. The topological polar surface area (TPSA) is 178 Å². The number of carbonyl (C=O) groups excluding carboxylic acids is 2. The third-order valence-electron chi connectivity index (χ3n) is 13.7. The van der Waals surface area contributed by atoms with Crippen LogP contribution in [-0.4, -0.2) is 155 Å². The van der Waals surface area contributed by atoms with E-state index in [1.807, 2.05) is 83.1 Å². The van der Waals surface area contributed by atoms with Crippen LogP contribution in [0, 0.1) is 0 Å². The van der Waals surface area contributed by atoms with Crippen LogP contribution in [0.5, 0.6) is 46.0 Å². The standard InChI is InChI=1S/2C27H31N3O5.4ClH.H2O/c2*1-29(9-5-19-15-28-16-20-12-23(32-2)24(33-3)13-21(19)20)7-4-8-30-10-6-18-11-25-26(35-17-34-25)14-22(18)27(30)31;;;;;/h2*11-16H,4-10,17H2,1-3H3;4*1H;1H2. The van der Waals surface area contributed by atoms with Crippen LogP contribution >= 0.6 is 49.6 Å². The molecule has 21 heteroatoms. The van der Waals surface area contributed by atoms with E-state index in [0.717, 1.165) is 158 Å². The maximum atomic E-state index is 13.0.